The molecule has 0 heterocycles. The number of thioether (sulfide) groups is 1. The Balaban J connectivity index is 3.22. The van der Waals surface area contributed by atoms with Crippen LogP contribution in [0.5, 0.6) is 0 Å². The molecule has 0 radical (unpaired) electrons. The highest BCUT2D eigenvalue weighted by Gasteiger charge is 2.02. The van der Waals surface area contributed by atoms with Crippen LogP contribution in [0.15, 0.2) is 0 Å². The molecule has 0 bridgehead atoms. The largest absolute Gasteiger partial charge is 0.313 e. The first kappa shape index (κ1) is 11.3. The molecule has 0 aliphatic rings. The van der Waals surface area contributed by atoms with Gasteiger partial charge in [0.05, 0.1) is 0 Å². The van der Waals surface area contributed by atoms with Gasteiger partial charge >= 0.3 is 0 Å². The first-order chi connectivity index (χ1) is 5.20. The van der Waals surface area contributed by atoms with Crippen LogP contribution in [0, 0.1) is 0 Å². The average molecular weight is 175 g/mol. The lowest BCUT2D eigenvalue weighted by molar-refractivity contribution is 0.512. The van der Waals surface area contributed by atoms with Crippen molar-refractivity contribution in [2.75, 3.05) is 12.8 Å². The molecule has 2 heteroatoms. The van der Waals surface area contributed by atoms with Crippen molar-refractivity contribution in [3.63, 3.8) is 0 Å². The van der Waals surface area contributed by atoms with Gasteiger partial charge in [0.25, 0.3) is 0 Å². The van der Waals surface area contributed by atoms with Crippen molar-refractivity contribution in [3.8, 4) is 0 Å². The molecule has 0 saturated heterocycles. The predicted octanol–water partition coefficient (Wildman–Crippen LogP) is 2.52. The summed E-state index contributed by atoms with van der Waals surface area (Å²) in [5, 5.41) is 4.26. The molecule has 68 valence electrons. The van der Waals surface area contributed by atoms with E-state index < -0.39 is 0 Å². The molecule has 0 aromatic rings. The molecule has 0 aliphatic carbocycles. The van der Waals surface area contributed by atoms with E-state index in [2.05, 4.69) is 32.3 Å². The standard InChI is InChI=1S/C9H21NS/c1-5-6-8(2)10-7-9(3)11-4/h8-10H,5-7H2,1-4H3. The third-order valence-corrected chi connectivity index (χ3v) is 2.85. The number of hydrogen-bond acceptors (Lipinski definition) is 2. The summed E-state index contributed by atoms with van der Waals surface area (Å²) in [5.41, 5.74) is 0. The molecule has 2 unspecified atom stereocenters. The molecular formula is C9H21NS. The maximum atomic E-state index is 3.51. The summed E-state index contributed by atoms with van der Waals surface area (Å²) in [7, 11) is 0. The van der Waals surface area contributed by atoms with Crippen LogP contribution in [0.3, 0.4) is 0 Å². The fourth-order valence-electron chi connectivity index (χ4n) is 0.986. The third kappa shape index (κ3) is 6.70. The van der Waals surface area contributed by atoms with Gasteiger partial charge in [0, 0.05) is 17.8 Å². The Hall–Kier alpha value is 0.310. The summed E-state index contributed by atoms with van der Waals surface area (Å²) >= 11 is 1.92. The molecular weight excluding hydrogens is 154 g/mol. The number of hydrogen-bond donors (Lipinski definition) is 1. The van der Waals surface area contributed by atoms with Gasteiger partial charge in [-0.15, -0.1) is 0 Å². The topological polar surface area (TPSA) is 12.0 Å². The maximum absolute atomic E-state index is 3.51. The van der Waals surface area contributed by atoms with Crippen molar-refractivity contribution in [1.29, 1.82) is 0 Å². The fourth-order valence-corrected chi connectivity index (χ4v) is 1.25. The van der Waals surface area contributed by atoms with Gasteiger partial charge in [-0.25, -0.2) is 0 Å². The molecule has 0 aromatic heterocycles. The van der Waals surface area contributed by atoms with Crippen molar-refractivity contribution < 1.29 is 0 Å². The first-order valence-electron chi connectivity index (χ1n) is 4.46. The van der Waals surface area contributed by atoms with Crippen molar-refractivity contribution in [2.45, 2.75) is 44.9 Å². The van der Waals surface area contributed by atoms with Crippen LogP contribution in [-0.2, 0) is 0 Å². The quantitative estimate of drug-likeness (QED) is 0.666. The van der Waals surface area contributed by atoms with Gasteiger partial charge in [-0.3, -0.25) is 0 Å². The molecule has 0 amide bonds. The molecule has 0 aliphatic heterocycles. The van der Waals surface area contributed by atoms with E-state index in [4.69, 9.17) is 0 Å². The van der Waals surface area contributed by atoms with E-state index in [9.17, 15) is 0 Å². The number of rotatable bonds is 6. The second-order valence-corrected chi connectivity index (χ2v) is 4.42. The van der Waals surface area contributed by atoms with Crippen LogP contribution in [0.25, 0.3) is 0 Å². The summed E-state index contributed by atoms with van der Waals surface area (Å²) in [6.45, 7) is 7.89. The van der Waals surface area contributed by atoms with E-state index in [1.807, 2.05) is 11.8 Å². The summed E-state index contributed by atoms with van der Waals surface area (Å²) in [5.74, 6) is 0. The Bertz CT molecular complexity index is 85.6. The van der Waals surface area contributed by atoms with Crippen molar-refractivity contribution in [3.05, 3.63) is 0 Å². The van der Waals surface area contributed by atoms with Crippen LogP contribution in [0.2, 0.25) is 0 Å². The van der Waals surface area contributed by atoms with E-state index >= 15 is 0 Å². The van der Waals surface area contributed by atoms with E-state index in [1.54, 1.807) is 0 Å². The minimum absolute atomic E-state index is 0.689. The van der Waals surface area contributed by atoms with Crippen LogP contribution < -0.4 is 5.32 Å². The molecule has 2 atom stereocenters. The lowest BCUT2D eigenvalue weighted by Crippen LogP contribution is -2.31. The van der Waals surface area contributed by atoms with Crippen molar-refractivity contribution >= 4 is 11.8 Å². The maximum Gasteiger partial charge on any atom is 0.0141 e. The van der Waals surface area contributed by atoms with Gasteiger partial charge in [-0.1, -0.05) is 20.3 Å². The zero-order valence-electron chi connectivity index (χ0n) is 8.18. The van der Waals surface area contributed by atoms with Gasteiger partial charge in [0.2, 0.25) is 0 Å². The van der Waals surface area contributed by atoms with E-state index in [1.165, 1.54) is 12.8 Å². The Kier molecular flexibility index (Phi) is 7.18. The Labute approximate surface area is 75.3 Å². The van der Waals surface area contributed by atoms with Gasteiger partial charge in [-0.2, -0.15) is 11.8 Å². The second-order valence-electron chi connectivity index (χ2n) is 3.14. The van der Waals surface area contributed by atoms with Crippen LogP contribution in [0.4, 0.5) is 0 Å². The highest BCUT2D eigenvalue weighted by atomic mass is 32.2. The Morgan fingerprint density at radius 2 is 2.00 bits per heavy atom. The molecule has 11 heavy (non-hydrogen) atoms. The highest BCUT2D eigenvalue weighted by molar-refractivity contribution is 7.99. The second kappa shape index (κ2) is 6.99. The van der Waals surface area contributed by atoms with E-state index in [-0.39, 0.29) is 0 Å². The van der Waals surface area contributed by atoms with Crippen LogP contribution in [0.1, 0.15) is 33.6 Å². The average Bonchev–Trinajstić information content (AvgIpc) is 2.01. The smallest absolute Gasteiger partial charge is 0.0141 e. The first-order valence-corrected chi connectivity index (χ1v) is 5.75. The van der Waals surface area contributed by atoms with Gasteiger partial charge < -0.3 is 5.32 Å². The highest BCUT2D eigenvalue weighted by Crippen LogP contribution is 2.04. The lowest BCUT2D eigenvalue weighted by atomic mass is 10.2. The minimum Gasteiger partial charge on any atom is -0.313 e. The third-order valence-electron chi connectivity index (χ3n) is 1.88. The van der Waals surface area contributed by atoms with Gasteiger partial charge in [0.15, 0.2) is 0 Å². The summed E-state index contributed by atoms with van der Waals surface area (Å²) in [4.78, 5) is 0. The van der Waals surface area contributed by atoms with Gasteiger partial charge in [0.1, 0.15) is 0 Å². The lowest BCUT2D eigenvalue weighted by Gasteiger charge is -2.15. The number of nitrogens with one attached hydrogen (secondary N) is 1. The van der Waals surface area contributed by atoms with Gasteiger partial charge in [-0.05, 0) is 19.6 Å². The summed E-state index contributed by atoms with van der Waals surface area (Å²) in [6.07, 6.45) is 4.74. The molecule has 0 fully saturated rings. The molecule has 0 saturated carbocycles. The zero-order valence-corrected chi connectivity index (χ0v) is 9.00. The summed E-state index contributed by atoms with van der Waals surface area (Å²) < 4.78 is 0. The summed E-state index contributed by atoms with van der Waals surface area (Å²) in [6, 6.07) is 0.689. The van der Waals surface area contributed by atoms with E-state index in [0.29, 0.717) is 6.04 Å². The van der Waals surface area contributed by atoms with E-state index in [0.717, 1.165) is 11.8 Å². The predicted molar refractivity (Wildman–Crippen MR) is 55.3 cm³/mol. The molecule has 0 aromatic carbocycles. The zero-order chi connectivity index (χ0) is 8.69. The Morgan fingerprint density at radius 1 is 1.36 bits per heavy atom. The fraction of sp³-hybridized carbons (Fsp3) is 1.00. The van der Waals surface area contributed by atoms with Crippen molar-refractivity contribution in [1.82, 2.24) is 5.32 Å². The van der Waals surface area contributed by atoms with Crippen LogP contribution >= 0.6 is 11.8 Å². The Morgan fingerprint density at radius 3 is 2.45 bits per heavy atom. The molecule has 0 spiro atoms. The SMILES string of the molecule is CCCC(C)NCC(C)SC. The van der Waals surface area contributed by atoms with Crippen molar-refractivity contribution in [2.24, 2.45) is 0 Å². The van der Waals surface area contributed by atoms with Crippen LogP contribution in [-0.4, -0.2) is 24.1 Å². The molecule has 0 rings (SSSR count). The minimum atomic E-state index is 0.689. The molecule has 1 nitrogen and oxygen atoms in total. The molecule has 1 N–H and O–H groups in total. The monoisotopic (exact) mass is 175 g/mol. The normalized spacial score (nSPS) is 16.4.